The third-order valence-corrected chi connectivity index (χ3v) is 6.74. The molecule has 0 bridgehead atoms. The van der Waals surface area contributed by atoms with E-state index in [0.29, 0.717) is 42.2 Å². The Hall–Kier alpha value is -5.26. The van der Waals surface area contributed by atoms with Crippen molar-refractivity contribution in [2.45, 2.75) is 26.4 Å². The number of likely N-dealkylation sites (tertiary alicyclic amines) is 1. The molecule has 5 N–H and O–H groups in total. The number of aryl methyl sites for hydroxylation is 1. The minimum absolute atomic E-state index is 0.187. The van der Waals surface area contributed by atoms with Crippen LogP contribution in [0.5, 0.6) is 5.75 Å². The van der Waals surface area contributed by atoms with Gasteiger partial charge in [-0.1, -0.05) is 12.1 Å². The summed E-state index contributed by atoms with van der Waals surface area (Å²) in [5.74, 6) is -0.143. The Morgan fingerprint density at radius 2 is 2.05 bits per heavy atom. The number of carbonyl (C=O) groups is 2. The van der Waals surface area contributed by atoms with E-state index in [4.69, 9.17) is 10.5 Å². The number of anilines is 1. The zero-order valence-corrected chi connectivity index (χ0v) is 23.0. The lowest BCUT2D eigenvalue weighted by atomic mass is 10.1. The van der Waals surface area contributed by atoms with Gasteiger partial charge in [0.15, 0.2) is 0 Å². The number of carbonyl (C=O) groups excluding carboxylic acids is 2. The topological polar surface area (TPSA) is 164 Å². The molecule has 1 aliphatic rings. The van der Waals surface area contributed by atoms with E-state index in [1.54, 1.807) is 56.1 Å². The number of H-pyrrole nitrogens is 1. The summed E-state index contributed by atoms with van der Waals surface area (Å²) in [7, 11) is 1.80. The van der Waals surface area contributed by atoms with Gasteiger partial charge >= 0.3 is 11.8 Å². The number of fused-ring (bicyclic) bond motifs is 1. The number of hydrogen-bond donors (Lipinski definition) is 4. The molecule has 0 spiro atoms. The van der Waals surface area contributed by atoms with Crippen LogP contribution in [0.4, 0.5) is 11.6 Å². The Morgan fingerprint density at radius 1 is 1.24 bits per heavy atom. The summed E-state index contributed by atoms with van der Waals surface area (Å²) in [5.41, 5.74) is 10.3. The summed E-state index contributed by atoms with van der Waals surface area (Å²) in [6.45, 7) is 4.55. The molecule has 1 aromatic carbocycles. The fraction of sp³-hybridized carbons (Fsp3) is 0.241. The van der Waals surface area contributed by atoms with Gasteiger partial charge in [-0.05, 0) is 43.7 Å². The molecule has 1 unspecified atom stereocenters. The second kappa shape index (κ2) is 11.9. The van der Waals surface area contributed by atoms with Gasteiger partial charge in [-0.2, -0.15) is 4.99 Å². The minimum Gasteiger partial charge on any atom is -0.488 e. The molecule has 210 valence electrons. The number of ether oxygens (including phenoxy) is 1. The van der Waals surface area contributed by atoms with Crippen molar-refractivity contribution in [1.82, 2.24) is 30.2 Å². The van der Waals surface area contributed by atoms with Gasteiger partial charge in [-0.25, -0.2) is 9.97 Å². The number of hydrogen-bond acceptors (Lipinski definition) is 8. The molecule has 0 aliphatic carbocycles. The predicted octanol–water partition coefficient (Wildman–Crippen LogP) is 3.06. The van der Waals surface area contributed by atoms with E-state index in [9.17, 15) is 9.59 Å². The lowest BCUT2D eigenvalue weighted by molar-refractivity contribution is -0.142. The molecule has 12 heteroatoms. The molecule has 1 aliphatic heterocycles. The van der Waals surface area contributed by atoms with Gasteiger partial charge < -0.3 is 31.0 Å². The van der Waals surface area contributed by atoms with Gasteiger partial charge in [0.05, 0.1) is 23.4 Å². The van der Waals surface area contributed by atoms with Crippen LogP contribution in [0, 0.1) is 6.92 Å². The van der Waals surface area contributed by atoms with Crippen molar-refractivity contribution >= 4 is 40.2 Å². The van der Waals surface area contributed by atoms with Gasteiger partial charge in [0.2, 0.25) is 0 Å². The number of aromatic amines is 1. The number of allylic oxidation sites excluding steroid dienone is 1. The summed E-state index contributed by atoms with van der Waals surface area (Å²) in [5, 5.41) is 6.58. The average Bonchev–Trinajstić information content (AvgIpc) is 3.62. The van der Waals surface area contributed by atoms with E-state index in [1.165, 1.54) is 4.90 Å². The van der Waals surface area contributed by atoms with Gasteiger partial charge in [0.1, 0.15) is 17.7 Å². The number of pyridine rings is 1. The Balaban J connectivity index is 1.32. The molecular formula is C29H31N9O3. The number of nitrogens with two attached hydrogens (primary N) is 1. The van der Waals surface area contributed by atoms with Gasteiger partial charge in [-0.3, -0.25) is 14.6 Å². The number of aromatic nitrogens is 4. The zero-order chi connectivity index (χ0) is 28.9. The first-order valence-corrected chi connectivity index (χ1v) is 13.1. The highest BCUT2D eigenvalue weighted by Gasteiger charge is 2.31. The highest BCUT2D eigenvalue weighted by Crippen LogP contribution is 2.33. The Morgan fingerprint density at radius 3 is 2.83 bits per heavy atom. The number of para-hydroxylation sites is 1. The van der Waals surface area contributed by atoms with Crippen molar-refractivity contribution in [3.8, 4) is 17.0 Å². The maximum Gasteiger partial charge on any atom is 0.313 e. The average molecular weight is 554 g/mol. The number of rotatable bonds is 7. The highest BCUT2D eigenvalue weighted by molar-refractivity contribution is 6.40. The largest absolute Gasteiger partial charge is 0.488 e. The Bertz CT molecular complexity index is 1650. The third-order valence-electron chi connectivity index (χ3n) is 6.74. The number of aliphatic imine (C=N–C) groups is 1. The van der Waals surface area contributed by atoms with Crippen molar-refractivity contribution in [3.05, 3.63) is 72.5 Å². The van der Waals surface area contributed by atoms with Crippen LogP contribution in [0.2, 0.25) is 0 Å². The van der Waals surface area contributed by atoms with E-state index in [1.807, 2.05) is 26.0 Å². The standard InChI is InChI=1S/C29H31N9O3/c1-17-14-34-29(36-24(30)13-18(2)31-3)37-25(17)22-15-33-26-21(22)5-4-6-23(26)35-27(39)28(40)38-12-9-20(16-38)41-19-7-10-32-11-8-19/h4-8,10-11,13-15,20,31,33H,9,12,16H2,1-3H3,(H,35,39)(H2,30,34,36,37)/b18-13-. The number of nitrogens with one attached hydrogen (secondary N) is 3. The maximum atomic E-state index is 13.0. The van der Waals surface area contributed by atoms with Crippen LogP contribution in [0.3, 0.4) is 0 Å². The third kappa shape index (κ3) is 6.16. The first kappa shape index (κ1) is 27.3. The lowest BCUT2D eigenvalue weighted by Gasteiger charge is -2.17. The predicted molar refractivity (Wildman–Crippen MR) is 157 cm³/mol. The molecule has 0 saturated carbocycles. The summed E-state index contributed by atoms with van der Waals surface area (Å²) in [6, 6.07) is 8.99. The SMILES string of the molecule is CN/C(C)=C\C(N)=N/c1ncc(C)c(-c2c[nH]c3c(NC(=O)C(=O)N4CCC(Oc5ccncc5)C4)cccc23)n1. The van der Waals surface area contributed by atoms with E-state index in [0.717, 1.165) is 22.2 Å². The molecule has 5 rings (SSSR count). The van der Waals surface area contributed by atoms with Gasteiger partial charge in [-0.15, -0.1) is 0 Å². The van der Waals surface area contributed by atoms with Crippen LogP contribution in [0.25, 0.3) is 22.2 Å². The van der Waals surface area contributed by atoms with Crippen LogP contribution in [0.1, 0.15) is 18.9 Å². The lowest BCUT2D eigenvalue weighted by Crippen LogP contribution is -2.39. The molecule has 1 saturated heterocycles. The molecular weight excluding hydrogens is 522 g/mol. The maximum absolute atomic E-state index is 13.0. The van der Waals surface area contributed by atoms with Gasteiger partial charge in [0.25, 0.3) is 5.95 Å². The van der Waals surface area contributed by atoms with Crippen LogP contribution < -0.4 is 21.1 Å². The van der Waals surface area contributed by atoms with E-state index < -0.39 is 11.8 Å². The molecule has 4 aromatic rings. The van der Waals surface area contributed by atoms with E-state index in [2.05, 4.69) is 35.6 Å². The van der Waals surface area contributed by atoms with Crippen molar-refractivity contribution in [2.75, 3.05) is 25.5 Å². The van der Waals surface area contributed by atoms with Gasteiger partial charge in [0, 0.05) is 61.4 Å². The molecule has 12 nitrogen and oxygen atoms in total. The fourth-order valence-electron chi connectivity index (χ4n) is 4.59. The highest BCUT2D eigenvalue weighted by atomic mass is 16.5. The monoisotopic (exact) mass is 553 g/mol. The van der Waals surface area contributed by atoms with Crippen molar-refractivity contribution in [3.63, 3.8) is 0 Å². The number of amides is 2. The van der Waals surface area contributed by atoms with Crippen molar-refractivity contribution < 1.29 is 14.3 Å². The van der Waals surface area contributed by atoms with Crippen molar-refractivity contribution in [2.24, 2.45) is 10.7 Å². The molecule has 3 aromatic heterocycles. The van der Waals surface area contributed by atoms with E-state index in [-0.39, 0.29) is 17.9 Å². The quantitative estimate of drug-likeness (QED) is 0.154. The molecule has 0 radical (unpaired) electrons. The second-order valence-electron chi connectivity index (χ2n) is 9.66. The Kier molecular flexibility index (Phi) is 7.90. The number of amidine groups is 1. The van der Waals surface area contributed by atoms with Crippen LogP contribution in [-0.2, 0) is 9.59 Å². The Labute approximate surface area is 236 Å². The van der Waals surface area contributed by atoms with Crippen molar-refractivity contribution in [1.29, 1.82) is 0 Å². The number of benzene rings is 1. The fourth-order valence-corrected chi connectivity index (χ4v) is 4.59. The first-order chi connectivity index (χ1) is 19.8. The molecule has 1 atom stereocenters. The summed E-state index contributed by atoms with van der Waals surface area (Å²) in [6.07, 6.45) is 8.93. The summed E-state index contributed by atoms with van der Waals surface area (Å²) >= 11 is 0. The minimum atomic E-state index is -0.714. The molecule has 41 heavy (non-hydrogen) atoms. The van der Waals surface area contributed by atoms with Crippen LogP contribution >= 0.6 is 0 Å². The first-order valence-electron chi connectivity index (χ1n) is 13.1. The van der Waals surface area contributed by atoms with Crippen LogP contribution in [0.15, 0.2) is 71.9 Å². The number of nitrogens with zero attached hydrogens (tertiary/aromatic N) is 5. The normalized spacial score (nSPS) is 15.7. The van der Waals surface area contributed by atoms with E-state index >= 15 is 0 Å². The molecule has 4 heterocycles. The van der Waals surface area contributed by atoms with Crippen LogP contribution in [-0.4, -0.2) is 68.7 Å². The smallest absolute Gasteiger partial charge is 0.313 e. The zero-order valence-electron chi connectivity index (χ0n) is 23.0. The summed E-state index contributed by atoms with van der Waals surface area (Å²) in [4.78, 5) is 47.9. The second-order valence-corrected chi connectivity index (χ2v) is 9.66. The summed E-state index contributed by atoms with van der Waals surface area (Å²) < 4.78 is 5.92. The molecule has 1 fully saturated rings. The molecule has 2 amide bonds.